The van der Waals surface area contributed by atoms with Gasteiger partial charge in [0, 0.05) is 12.1 Å². The van der Waals surface area contributed by atoms with Gasteiger partial charge in [0.25, 0.3) is 0 Å². The predicted molar refractivity (Wildman–Crippen MR) is 55.1 cm³/mol. The van der Waals surface area contributed by atoms with Crippen LogP contribution in [0.1, 0.15) is 20.3 Å². The van der Waals surface area contributed by atoms with Crippen LogP contribution in [0.3, 0.4) is 0 Å². The van der Waals surface area contributed by atoms with E-state index in [2.05, 4.69) is 10.6 Å². The third-order valence-electron chi connectivity index (χ3n) is 2.90. The Morgan fingerprint density at radius 3 is 3.00 bits per heavy atom. The van der Waals surface area contributed by atoms with Gasteiger partial charge >= 0.3 is 0 Å². The molecule has 2 N–H and O–H groups in total. The molecule has 84 valence electrons. The zero-order valence-corrected chi connectivity index (χ0v) is 9.17. The second-order valence-corrected chi connectivity index (χ2v) is 3.97. The Hall–Kier alpha value is -1.12. The van der Waals surface area contributed by atoms with Gasteiger partial charge in [-0.2, -0.15) is 5.26 Å². The molecule has 0 aromatic heterocycles. The van der Waals surface area contributed by atoms with E-state index in [1.807, 2.05) is 19.9 Å². The van der Waals surface area contributed by atoms with Crippen molar-refractivity contribution in [2.24, 2.45) is 0 Å². The number of nitriles is 1. The van der Waals surface area contributed by atoms with Crippen LogP contribution in [0.25, 0.3) is 0 Å². The number of hydrogen-bond donors (Lipinski definition) is 2. The minimum atomic E-state index is -0.156. The second kappa shape index (κ2) is 5.10. The third-order valence-corrected chi connectivity index (χ3v) is 2.90. The zero-order chi connectivity index (χ0) is 11.3. The standard InChI is InChI=1S/C10H17N3O2/c1-8-10(2,3-6-15-8)13-7-9(14)12-5-4-11/h8,13H,3,5-7H2,1-2H3,(H,12,14). The third kappa shape index (κ3) is 3.18. The van der Waals surface area contributed by atoms with Crippen molar-refractivity contribution in [1.82, 2.24) is 10.6 Å². The number of amides is 1. The van der Waals surface area contributed by atoms with Crippen LogP contribution in [0.2, 0.25) is 0 Å². The van der Waals surface area contributed by atoms with Gasteiger partial charge < -0.3 is 15.4 Å². The first-order valence-electron chi connectivity index (χ1n) is 5.09. The van der Waals surface area contributed by atoms with Gasteiger partial charge in [-0.1, -0.05) is 0 Å². The largest absolute Gasteiger partial charge is 0.377 e. The quantitative estimate of drug-likeness (QED) is 0.631. The molecule has 1 saturated heterocycles. The van der Waals surface area contributed by atoms with Crippen LogP contribution in [0.15, 0.2) is 0 Å². The Morgan fingerprint density at radius 2 is 2.47 bits per heavy atom. The molecule has 15 heavy (non-hydrogen) atoms. The van der Waals surface area contributed by atoms with Crippen LogP contribution in [0, 0.1) is 11.3 Å². The highest BCUT2D eigenvalue weighted by Gasteiger charge is 2.36. The first-order chi connectivity index (χ1) is 7.08. The molecule has 1 aliphatic heterocycles. The minimum Gasteiger partial charge on any atom is -0.377 e. The first-order valence-corrected chi connectivity index (χ1v) is 5.09. The van der Waals surface area contributed by atoms with Gasteiger partial charge in [-0.05, 0) is 20.3 Å². The van der Waals surface area contributed by atoms with E-state index >= 15 is 0 Å². The normalized spacial score (nSPS) is 29.8. The fourth-order valence-corrected chi connectivity index (χ4v) is 1.55. The van der Waals surface area contributed by atoms with Gasteiger partial charge in [-0.15, -0.1) is 0 Å². The molecule has 0 spiro atoms. The van der Waals surface area contributed by atoms with Crippen molar-refractivity contribution >= 4 is 5.91 Å². The Labute approximate surface area is 89.8 Å². The number of ether oxygens (including phenoxy) is 1. The highest BCUT2D eigenvalue weighted by molar-refractivity contribution is 5.78. The molecule has 5 nitrogen and oxygen atoms in total. The van der Waals surface area contributed by atoms with E-state index in [-0.39, 0.29) is 30.6 Å². The first kappa shape index (κ1) is 12.0. The molecule has 1 rings (SSSR count). The molecule has 5 heteroatoms. The Balaban J connectivity index is 2.30. The number of nitrogens with one attached hydrogen (secondary N) is 2. The summed E-state index contributed by atoms with van der Waals surface area (Å²) in [6.45, 7) is 5.05. The van der Waals surface area contributed by atoms with E-state index in [1.165, 1.54) is 0 Å². The summed E-state index contributed by atoms with van der Waals surface area (Å²) < 4.78 is 5.44. The van der Waals surface area contributed by atoms with Gasteiger partial charge in [-0.25, -0.2) is 0 Å². The van der Waals surface area contributed by atoms with Crippen molar-refractivity contribution in [1.29, 1.82) is 5.26 Å². The molecular formula is C10H17N3O2. The summed E-state index contributed by atoms with van der Waals surface area (Å²) in [6, 6.07) is 1.86. The van der Waals surface area contributed by atoms with Gasteiger partial charge in [-0.3, -0.25) is 4.79 Å². The lowest BCUT2D eigenvalue weighted by Crippen LogP contribution is -2.51. The molecule has 0 bridgehead atoms. The van der Waals surface area contributed by atoms with Crippen LogP contribution in [0.5, 0.6) is 0 Å². The molecule has 0 aromatic rings. The average molecular weight is 211 g/mol. The summed E-state index contributed by atoms with van der Waals surface area (Å²) in [7, 11) is 0. The molecule has 1 aliphatic rings. The maximum atomic E-state index is 11.2. The van der Waals surface area contributed by atoms with E-state index in [1.54, 1.807) is 0 Å². The molecule has 1 amide bonds. The molecule has 0 saturated carbocycles. The number of hydrogen-bond acceptors (Lipinski definition) is 4. The van der Waals surface area contributed by atoms with E-state index in [9.17, 15) is 4.79 Å². The topological polar surface area (TPSA) is 74.2 Å². The molecule has 2 atom stereocenters. The van der Waals surface area contributed by atoms with Gasteiger partial charge in [0.2, 0.25) is 5.91 Å². The summed E-state index contributed by atoms with van der Waals surface area (Å²) in [4.78, 5) is 11.2. The second-order valence-electron chi connectivity index (χ2n) is 3.97. The van der Waals surface area contributed by atoms with E-state index in [0.717, 1.165) is 13.0 Å². The maximum Gasteiger partial charge on any atom is 0.234 e. The molecule has 0 aliphatic carbocycles. The van der Waals surface area contributed by atoms with Crippen molar-refractivity contribution in [3.63, 3.8) is 0 Å². The van der Waals surface area contributed by atoms with Crippen LogP contribution in [0.4, 0.5) is 0 Å². The Morgan fingerprint density at radius 1 is 1.73 bits per heavy atom. The summed E-state index contributed by atoms with van der Waals surface area (Å²) in [5.41, 5.74) is -0.135. The lowest BCUT2D eigenvalue weighted by molar-refractivity contribution is -0.120. The SMILES string of the molecule is CC1OCCC1(C)NCC(=O)NCC#N. The molecule has 0 radical (unpaired) electrons. The fraction of sp³-hybridized carbons (Fsp3) is 0.800. The number of carbonyl (C=O) groups is 1. The van der Waals surface area contributed by atoms with Crippen LogP contribution < -0.4 is 10.6 Å². The average Bonchev–Trinajstić information content (AvgIpc) is 2.54. The number of carbonyl (C=O) groups excluding carboxylic acids is 1. The molecule has 1 fully saturated rings. The predicted octanol–water partition coefficient (Wildman–Crippen LogP) is -0.217. The molecular weight excluding hydrogens is 194 g/mol. The van der Waals surface area contributed by atoms with Crippen LogP contribution >= 0.6 is 0 Å². The fourth-order valence-electron chi connectivity index (χ4n) is 1.55. The summed E-state index contributed by atoms with van der Waals surface area (Å²) in [6.07, 6.45) is 1.01. The van der Waals surface area contributed by atoms with E-state index in [0.29, 0.717) is 0 Å². The van der Waals surface area contributed by atoms with Crippen molar-refractivity contribution in [2.75, 3.05) is 19.7 Å². The lowest BCUT2D eigenvalue weighted by atomic mass is 9.95. The maximum absolute atomic E-state index is 11.2. The van der Waals surface area contributed by atoms with Gasteiger partial charge in [0.1, 0.15) is 6.54 Å². The lowest BCUT2D eigenvalue weighted by Gasteiger charge is -2.28. The van der Waals surface area contributed by atoms with Crippen molar-refractivity contribution < 1.29 is 9.53 Å². The number of rotatable bonds is 4. The monoisotopic (exact) mass is 211 g/mol. The summed E-state index contributed by atoms with van der Waals surface area (Å²) >= 11 is 0. The van der Waals surface area contributed by atoms with E-state index in [4.69, 9.17) is 10.00 Å². The smallest absolute Gasteiger partial charge is 0.234 e. The number of nitrogens with zero attached hydrogens (tertiary/aromatic N) is 1. The minimum absolute atomic E-state index is 0.0588. The molecule has 2 unspecified atom stereocenters. The Bertz CT molecular complexity index is 274. The van der Waals surface area contributed by atoms with Crippen LogP contribution in [-0.4, -0.2) is 37.2 Å². The summed E-state index contributed by atoms with van der Waals surface area (Å²) in [5, 5.41) is 13.9. The summed E-state index contributed by atoms with van der Waals surface area (Å²) in [5.74, 6) is -0.156. The van der Waals surface area contributed by atoms with Crippen LogP contribution in [-0.2, 0) is 9.53 Å². The van der Waals surface area contributed by atoms with Crippen molar-refractivity contribution in [3.05, 3.63) is 0 Å². The zero-order valence-electron chi connectivity index (χ0n) is 9.17. The van der Waals surface area contributed by atoms with Gasteiger partial charge in [0.15, 0.2) is 0 Å². The molecule has 1 heterocycles. The highest BCUT2D eigenvalue weighted by atomic mass is 16.5. The van der Waals surface area contributed by atoms with Crippen molar-refractivity contribution in [3.8, 4) is 6.07 Å². The van der Waals surface area contributed by atoms with Gasteiger partial charge in [0.05, 0.1) is 18.7 Å². The van der Waals surface area contributed by atoms with E-state index < -0.39 is 0 Å². The molecule has 0 aromatic carbocycles. The van der Waals surface area contributed by atoms with Crippen molar-refractivity contribution in [2.45, 2.75) is 31.9 Å². The Kier molecular flexibility index (Phi) is 4.06. The highest BCUT2D eigenvalue weighted by Crippen LogP contribution is 2.24.